The van der Waals surface area contributed by atoms with Gasteiger partial charge in [0.25, 0.3) is 0 Å². The molecule has 0 amide bonds. The SMILES string of the molecule is C[C@H](Nc1nc(Nc2cnccn2)cc(N2CCC(CO)CC2)n1)c1ccc(F)cc1. The van der Waals surface area contributed by atoms with E-state index in [-0.39, 0.29) is 18.5 Å². The van der Waals surface area contributed by atoms with E-state index < -0.39 is 0 Å². The van der Waals surface area contributed by atoms with Gasteiger partial charge < -0.3 is 20.6 Å². The summed E-state index contributed by atoms with van der Waals surface area (Å²) in [5, 5.41) is 15.9. The standard InChI is InChI=1S/C22H26FN7O/c1-15(17-2-4-18(23)5-3-17)26-22-28-19(27-20-13-24-8-9-25-20)12-21(29-22)30-10-6-16(14-31)7-11-30/h2-5,8-9,12-13,15-16,31H,6-7,10-11,14H2,1H3,(H2,25,26,27,28,29)/t15-/m0/s1. The van der Waals surface area contributed by atoms with Crippen molar-refractivity contribution in [3.8, 4) is 0 Å². The molecule has 1 fully saturated rings. The molecule has 3 N–H and O–H groups in total. The Labute approximate surface area is 180 Å². The van der Waals surface area contributed by atoms with Crippen molar-refractivity contribution in [2.45, 2.75) is 25.8 Å². The van der Waals surface area contributed by atoms with Crippen molar-refractivity contribution in [2.75, 3.05) is 35.2 Å². The van der Waals surface area contributed by atoms with Crippen LogP contribution < -0.4 is 15.5 Å². The van der Waals surface area contributed by atoms with Gasteiger partial charge in [-0.3, -0.25) is 4.98 Å². The van der Waals surface area contributed by atoms with Crippen LogP contribution in [0.2, 0.25) is 0 Å². The van der Waals surface area contributed by atoms with Crippen LogP contribution in [0.3, 0.4) is 0 Å². The van der Waals surface area contributed by atoms with Crippen molar-refractivity contribution in [1.82, 2.24) is 19.9 Å². The minimum Gasteiger partial charge on any atom is -0.396 e. The fraction of sp³-hybridized carbons (Fsp3) is 0.364. The van der Waals surface area contributed by atoms with E-state index in [0.717, 1.165) is 37.3 Å². The van der Waals surface area contributed by atoms with Gasteiger partial charge in [-0.1, -0.05) is 12.1 Å². The van der Waals surface area contributed by atoms with E-state index >= 15 is 0 Å². The molecule has 4 rings (SSSR count). The van der Waals surface area contributed by atoms with Crippen LogP contribution in [0.5, 0.6) is 0 Å². The first kappa shape index (κ1) is 20.9. The van der Waals surface area contributed by atoms with Crippen molar-refractivity contribution < 1.29 is 9.50 Å². The first-order valence-corrected chi connectivity index (χ1v) is 10.4. The molecule has 3 heterocycles. The average Bonchev–Trinajstić information content (AvgIpc) is 2.80. The van der Waals surface area contributed by atoms with E-state index in [0.29, 0.717) is 23.5 Å². The van der Waals surface area contributed by atoms with Gasteiger partial charge in [0.05, 0.1) is 12.2 Å². The second-order valence-corrected chi connectivity index (χ2v) is 7.68. The number of rotatable bonds is 7. The van der Waals surface area contributed by atoms with E-state index in [2.05, 4.69) is 30.5 Å². The Morgan fingerprint density at radius 2 is 1.90 bits per heavy atom. The number of benzene rings is 1. The third-order valence-corrected chi connectivity index (χ3v) is 5.44. The number of piperidine rings is 1. The summed E-state index contributed by atoms with van der Waals surface area (Å²) in [5.74, 6) is 2.52. The van der Waals surface area contributed by atoms with Gasteiger partial charge in [-0.2, -0.15) is 9.97 Å². The predicted octanol–water partition coefficient (Wildman–Crippen LogP) is 3.53. The molecule has 1 aliphatic heterocycles. The second kappa shape index (κ2) is 9.65. The van der Waals surface area contributed by atoms with Crippen LogP contribution in [0.15, 0.2) is 48.9 Å². The van der Waals surface area contributed by atoms with E-state index in [1.165, 1.54) is 12.1 Å². The zero-order valence-corrected chi connectivity index (χ0v) is 17.4. The molecule has 0 spiro atoms. The van der Waals surface area contributed by atoms with E-state index in [1.54, 1.807) is 30.7 Å². The van der Waals surface area contributed by atoms with Crippen molar-refractivity contribution in [1.29, 1.82) is 0 Å². The van der Waals surface area contributed by atoms with Crippen molar-refractivity contribution in [2.24, 2.45) is 5.92 Å². The van der Waals surface area contributed by atoms with Crippen LogP contribution in [-0.2, 0) is 0 Å². The van der Waals surface area contributed by atoms with Gasteiger partial charge in [0.2, 0.25) is 5.95 Å². The third kappa shape index (κ3) is 5.43. The van der Waals surface area contributed by atoms with Crippen LogP contribution in [0.4, 0.5) is 27.8 Å². The molecule has 2 aromatic heterocycles. The lowest BCUT2D eigenvalue weighted by Crippen LogP contribution is -2.35. The first-order chi connectivity index (χ1) is 15.1. The summed E-state index contributed by atoms with van der Waals surface area (Å²) in [6.45, 7) is 3.84. The molecule has 9 heteroatoms. The molecule has 8 nitrogen and oxygen atoms in total. The number of aromatic nitrogens is 4. The number of nitrogens with one attached hydrogen (secondary N) is 2. The predicted molar refractivity (Wildman–Crippen MR) is 118 cm³/mol. The molecule has 162 valence electrons. The van der Waals surface area contributed by atoms with Gasteiger partial charge in [-0.15, -0.1) is 0 Å². The van der Waals surface area contributed by atoms with E-state index in [4.69, 9.17) is 4.98 Å². The number of aliphatic hydroxyl groups excluding tert-OH is 1. The molecular weight excluding hydrogens is 397 g/mol. The third-order valence-electron chi connectivity index (χ3n) is 5.44. The van der Waals surface area contributed by atoms with Crippen molar-refractivity contribution >= 4 is 23.4 Å². The molecular formula is C22H26FN7O. The smallest absolute Gasteiger partial charge is 0.227 e. The maximum atomic E-state index is 13.3. The highest BCUT2D eigenvalue weighted by molar-refractivity contribution is 5.59. The molecule has 1 aliphatic rings. The molecule has 1 atom stereocenters. The van der Waals surface area contributed by atoms with Gasteiger partial charge in [-0.05, 0) is 43.4 Å². The lowest BCUT2D eigenvalue weighted by molar-refractivity contribution is 0.203. The number of aliphatic hydroxyl groups is 1. The van der Waals surface area contributed by atoms with Crippen LogP contribution in [-0.4, -0.2) is 44.7 Å². The summed E-state index contributed by atoms with van der Waals surface area (Å²) in [4.78, 5) is 19.8. The monoisotopic (exact) mass is 423 g/mol. The summed E-state index contributed by atoms with van der Waals surface area (Å²) in [6.07, 6.45) is 6.69. The second-order valence-electron chi connectivity index (χ2n) is 7.68. The summed E-state index contributed by atoms with van der Waals surface area (Å²) < 4.78 is 13.3. The minimum atomic E-state index is -0.268. The van der Waals surface area contributed by atoms with Gasteiger partial charge in [0.15, 0.2) is 0 Å². The Morgan fingerprint density at radius 3 is 2.58 bits per heavy atom. The van der Waals surface area contributed by atoms with Crippen molar-refractivity contribution in [3.63, 3.8) is 0 Å². The lowest BCUT2D eigenvalue weighted by atomic mass is 9.98. The van der Waals surface area contributed by atoms with Crippen molar-refractivity contribution in [3.05, 3.63) is 60.3 Å². The molecule has 0 unspecified atom stereocenters. The highest BCUT2D eigenvalue weighted by Gasteiger charge is 2.21. The molecule has 0 radical (unpaired) electrons. The normalized spacial score (nSPS) is 15.5. The Kier molecular flexibility index (Phi) is 6.51. The average molecular weight is 423 g/mol. The first-order valence-electron chi connectivity index (χ1n) is 10.4. The lowest BCUT2D eigenvalue weighted by Gasteiger charge is -2.32. The number of hydrogen-bond donors (Lipinski definition) is 3. The number of nitrogens with zero attached hydrogens (tertiary/aromatic N) is 5. The highest BCUT2D eigenvalue weighted by Crippen LogP contribution is 2.27. The Balaban J connectivity index is 1.58. The molecule has 0 bridgehead atoms. The number of hydrogen-bond acceptors (Lipinski definition) is 8. The van der Waals surface area contributed by atoms with E-state index in [9.17, 15) is 9.50 Å². The Bertz CT molecular complexity index is 979. The summed E-state index contributed by atoms with van der Waals surface area (Å²) >= 11 is 0. The molecule has 1 saturated heterocycles. The zero-order chi connectivity index (χ0) is 21.6. The molecule has 1 aromatic carbocycles. The fourth-order valence-corrected chi connectivity index (χ4v) is 3.59. The maximum absolute atomic E-state index is 13.3. The summed E-state index contributed by atoms with van der Waals surface area (Å²) in [7, 11) is 0. The Morgan fingerprint density at radius 1 is 1.13 bits per heavy atom. The Hall–Kier alpha value is -3.33. The number of halogens is 1. The number of anilines is 4. The largest absolute Gasteiger partial charge is 0.396 e. The van der Waals surface area contributed by atoms with E-state index in [1.807, 2.05) is 13.0 Å². The van der Waals surface area contributed by atoms with Gasteiger partial charge >= 0.3 is 0 Å². The van der Waals surface area contributed by atoms with Gasteiger partial charge in [0, 0.05) is 38.2 Å². The highest BCUT2D eigenvalue weighted by atomic mass is 19.1. The quantitative estimate of drug-likeness (QED) is 0.531. The molecule has 31 heavy (non-hydrogen) atoms. The van der Waals surface area contributed by atoms with Gasteiger partial charge in [0.1, 0.15) is 23.3 Å². The van der Waals surface area contributed by atoms with Gasteiger partial charge in [-0.25, -0.2) is 9.37 Å². The maximum Gasteiger partial charge on any atom is 0.227 e. The molecule has 0 saturated carbocycles. The zero-order valence-electron chi connectivity index (χ0n) is 17.4. The molecule has 0 aliphatic carbocycles. The van der Waals surface area contributed by atoms with Crippen LogP contribution in [0, 0.1) is 11.7 Å². The van der Waals surface area contributed by atoms with Crippen LogP contribution in [0.25, 0.3) is 0 Å². The molecule has 3 aromatic rings. The minimum absolute atomic E-state index is 0.111. The summed E-state index contributed by atoms with van der Waals surface area (Å²) in [5.41, 5.74) is 0.933. The van der Waals surface area contributed by atoms with Crippen LogP contribution in [0.1, 0.15) is 31.4 Å². The fourth-order valence-electron chi connectivity index (χ4n) is 3.59. The topological polar surface area (TPSA) is 99.1 Å². The van der Waals surface area contributed by atoms with Crippen LogP contribution >= 0.6 is 0 Å². The summed E-state index contributed by atoms with van der Waals surface area (Å²) in [6, 6.07) is 8.15.